The number of rotatable bonds is 7. The van der Waals surface area contributed by atoms with Crippen molar-refractivity contribution in [1.29, 1.82) is 0 Å². The second kappa shape index (κ2) is 9.35. The normalized spacial score (nSPS) is 15.6. The van der Waals surface area contributed by atoms with E-state index in [4.69, 9.17) is 0 Å². The summed E-state index contributed by atoms with van der Waals surface area (Å²) in [6.07, 6.45) is 2.17. The van der Waals surface area contributed by atoms with Gasteiger partial charge >= 0.3 is 0 Å². The summed E-state index contributed by atoms with van der Waals surface area (Å²) in [5.74, 6) is 0.844. The van der Waals surface area contributed by atoms with Crippen LogP contribution in [-0.4, -0.2) is 73.2 Å². The van der Waals surface area contributed by atoms with E-state index in [2.05, 4.69) is 10.3 Å². The highest BCUT2D eigenvalue weighted by atomic mass is 32.2. The van der Waals surface area contributed by atoms with E-state index in [0.29, 0.717) is 50.8 Å². The van der Waals surface area contributed by atoms with Crippen molar-refractivity contribution in [2.45, 2.75) is 44.0 Å². The van der Waals surface area contributed by atoms with Crippen LogP contribution in [0.4, 0.5) is 0 Å². The molecule has 0 bridgehead atoms. The molecule has 31 heavy (non-hydrogen) atoms. The number of piperidine rings is 1. The first kappa shape index (κ1) is 23.2. The number of nitrogens with zero attached hydrogens (tertiary/aromatic N) is 4. The summed E-state index contributed by atoms with van der Waals surface area (Å²) in [6, 6.07) is 4.96. The van der Waals surface area contributed by atoms with E-state index >= 15 is 0 Å². The second-order valence-corrected chi connectivity index (χ2v) is 10.1. The predicted octanol–water partition coefficient (Wildman–Crippen LogP) is 1.22. The van der Waals surface area contributed by atoms with Crippen LogP contribution >= 0.6 is 0 Å². The molecule has 1 aliphatic heterocycles. The standard InChI is InChI=1S/C21H31N5O4S/c1-5-26-18-7-6-16(31(29,30)24(3)4)14-17(18)23-19(26)8-9-20(27)25-12-10-15(11-13-25)21(28)22-2/h6-7,14-15H,5,8-13H2,1-4H3,(H,22,28). The number of benzene rings is 1. The quantitative estimate of drug-likeness (QED) is 0.684. The molecule has 0 radical (unpaired) electrons. The predicted molar refractivity (Wildman–Crippen MR) is 118 cm³/mol. The lowest BCUT2D eigenvalue weighted by atomic mass is 9.96. The molecule has 1 aromatic carbocycles. The van der Waals surface area contributed by atoms with E-state index in [-0.39, 0.29) is 22.6 Å². The van der Waals surface area contributed by atoms with Gasteiger partial charge in [-0.15, -0.1) is 0 Å². The molecule has 2 amide bonds. The van der Waals surface area contributed by atoms with Crippen LogP contribution in [-0.2, 0) is 32.6 Å². The van der Waals surface area contributed by atoms with Gasteiger partial charge in [-0.3, -0.25) is 9.59 Å². The Balaban J connectivity index is 1.71. The summed E-state index contributed by atoms with van der Waals surface area (Å²) < 4.78 is 28.1. The monoisotopic (exact) mass is 449 g/mol. The highest BCUT2D eigenvalue weighted by Gasteiger charge is 2.27. The molecule has 170 valence electrons. The maximum Gasteiger partial charge on any atom is 0.242 e. The molecule has 1 saturated heterocycles. The van der Waals surface area contributed by atoms with Crippen LogP contribution in [0.3, 0.4) is 0 Å². The van der Waals surface area contributed by atoms with Crippen LogP contribution in [0.2, 0.25) is 0 Å². The molecule has 1 aliphatic rings. The molecule has 0 aliphatic carbocycles. The van der Waals surface area contributed by atoms with Crippen molar-refractivity contribution < 1.29 is 18.0 Å². The zero-order valence-electron chi connectivity index (χ0n) is 18.6. The van der Waals surface area contributed by atoms with Crippen LogP contribution in [0.5, 0.6) is 0 Å². The lowest BCUT2D eigenvalue weighted by Gasteiger charge is -2.31. The van der Waals surface area contributed by atoms with E-state index in [1.807, 2.05) is 16.4 Å². The molecule has 9 nitrogen and oxygen atoms in total. The number of hydrogen-bond donors (Lipinski definition) is 1. The number of imidazole rings is 1. The van der Waals surface area contributed by atoms with E-state index in [0.717, 1.165) is 11.3 Å². The van der Waals surface area contributed by atoms with Crippen molar-refractivity contribution in [2.24, 2.45) is 5.92 Å². The second-order valence-electron chi connectivity index (χ2n) is 7.98. The molecule has 3 rings (SSSR count). The fourth-order valence-corrected chi connectivity index (χ4v) is 4.97. The molecular formula is C21H31N5O4S. The van der Waals surface area contributed by atoms with Crippen molar-refractivity contribution >= 4 is 32.9 Å². The highest BCUT2D eigenvalue weighted by Crippen LogP contribution is 2.23. The summed E-state index contributed by atoms with van der Waals surface area (Å²) in [5, 5.41) is 2.68. The molecule has 10 heteroatoms. The van der Waals surface area contributed by atoms with Crippen molar-refractivity contribution in [3.63, 3.8) is 0 Å². The summed E-state index contributed by atoms with van der Waals surface area (Å²) in [5.41, 5.74) is 1.47. The molecule has 0 atom stereocenters. The van der Waals surface area contributed by atoms with Crippen LogP contribution < -0.4 is 5.32 Å². The van der Waals surface area contributed by atoms with Crippen molar-refractivity contribution in [1.82, 2.24) is 24.1 Å². The molecule has 0 saturated carbocycles. The number of sulfonamides is 1. The van der Waals surface area contributed by atoms with E-state index < -0.39 is 10.0 Å². The Labute approximate surface area is 183 Å². The number of amides is 2. The van der Waals surface area contributed by atoms with E-state index in [1.54, 1.807) is 25.2 Å². The van der Waals surface area contributed by atoms with Crippen molar-refractivity contribution in [3.8, 4) is 0 Å². The molecule has 0 unspecified atom stereocenters. The average Bonchev–Trinajstić information content (AvgIpc) is 3.13. The van der Waals surface area contributed by atoms with Gasteiger partial charge in [0.2, 0.25) is 21.8 Å². The molecule has 2 heterocycles. The molecule has 1 fully saturated rings. The smallest absolute Gasteiger partial charge is 0.242 e. The summed E-state index contributed by atoms with van der Waals surface area (Å²) in [4.78, 5) is 31.1. The van der Waals surface area contributed by atoms with Gasteiger partial charge < -0.3 is 14.8 Å². The maximum absolute atomic E-state index is 12.7. The Morgan fingerprint density at radius 3 is 2.48 bits per heavy atom. The largest absolute Gasteiger partial charge is 0.359 e. The molecule has 0 spiro atoms. The van der Waals surface area contributed by atoms with Gasteiger partial charge in [-0.05, 0) is 38.0 Å². The molecular weight excluding hydrogens is 418 g/mol. The van der Waals surface area contributed by atoms with Crippen LogP contribution in [0.15, 0.2) is 23.1 Å². The van der Waals surface area contributed by atoms with E-state index in [1.165, 1.54) is 18.4 Å². The Kier molecular flexibility index (Phi) is 7.00. The third kappa shape index (κ3) is 4.74. The zero-order valence-corrected chi connectivity index (χ0v) is 19.4. The number of likely N-dealkylation sites (tertiary alicyclic amines) is 1. The molecule has 2 aromatic rings. The minimum atomic E-state index is -3.54. The van der Waals surface area contributed by atoms with Crippen LogP contribution in [0.1, 0.15) is 32.0 Å². The highest BCUT2D eigenvalue weighted by molar-refractivity contribution is 7.89. The lowest BCUT2D eigenvalue weighted by Crippen LogP contribution is -2.42. The molecule has 1 N–H and O–H groups in total. The van der Waals surface area contributed by atoms with Gasteiger partial charge in [0.1, 0.15) is 5.82 Å². The Bertz CT molecular complexity index is 1070. The topological polar surface area (TPSA) is 105 Å². The third-order valence-corrected chi connectivity index (χ3v) is 7.73. The fourth-order valence-electron chi connectivity index (χ4n) is 4.05. The summed E-state index contributed by atoms with van der Waals surface area (Å²) >= 11 is 0. The number of fused-ring (bicyclic) bond motifs is 1. The summed E-state index contributed by atoms with van der Waals surface area (Å²) in [6.45, 7) is 3.86. The van der Waals surface area contributed by atoms with Crippen LogP contribution in [0.25, 0.3) is 11.0 Å². The van der Waals surface area contributed by atoms with Gasteiger partial charge in [0.25, 0.3) is 0 Å². The van der Waals surface area contributed by atoms with Gasteiger partial charge in [-0.1, -0.05) is 0 Å². The minimum absolute atomic E-state index is 0.0222. The third-order valence-electron chi connectivity index (χ3n) is 5.92. The number of carbonyl (C=O) groups is 2. The number of aromatic nitrogens is 2. The fraction of sp³-hybridized carbons (Fsp3) is 0.571. The van der Waals surface area contributed by atoms with Gasteiger partial charge in [0, 0.05) is 59.5 Å². The average molecular weight is 450 g/mol. The van der Waals surface area contributed by atoms with Gasteiger partial charge in [0.15, 0.2) is 0 Å². The van der Waals surface area contributed by atoms with E-state index in [9.17, 15) is 18.0 Å². The lowest BCUT2D eigenvalue weighted by molar-refractivity contribution is -0.135. The minimum Gasteiger partial charge on any atom is -0.359 e. The number of carbonyl (C=O) groups excluding carboxylic acids is 2. The maximum atomic E-state index is 12.7. The first-order valence-corrected chi connectivity index (χ1v) is 12.0. The number of nitrogens with one attached hydrogen (secondary N) is 1. The van der Waals surface area contributed by atoms with Crippen molar-refractivity contribution in [3.05, 3.63) is 24.0 Å². The van der Waals surface area contributed by atoms with Gasteiger partial charge in [-0.25, -0.2) is 17.7 Å². The zero-order chi connectivity index (χ0) is 22.8. The number of aryl methyl sites for hydroxylation is 2. The Morgan fingerprint density at radius 1 is 1.23 bits per heavy atom. The van der Waals surface area contributed by atoms with Gasteiger partial charge in [-0.2, -0.15) is 0 Å². The SMILES string of the molecule is CCn1c(CCC(=O)N2CCC(C(=O)NC)CC2)nc2cc(S(=O)(=O)N(C)C)ccc21. The summed E-state index contributed by atoms with van der Waals surface area (Å²) in [7, 11) is 1.10. The Hall–Kier alpha value is -2.46. The Morgan fingerprint density at radius 2 is 1.90 bits per heavy atom. The first-order chi connectivity index (χ1) is 14.7. The van der Waals surface area contributed by atoms with Crippen LogP contribution in [0, 0.1) is 5.92 Å². The number of hydrogen-bond acceptors (Lipinski definition) is 5. The van der Waals surface area contributed by atoms with Gasteiger partial charge in [0.05, 0.1) is 15.9 Å². The first-order valence-electron chi connectivity index (χ1n) is 10.6. The molecule has 1 aromatic heterocycles. The van der Waals surface area contributed by atoms with Crippen molar-refractivity contribution in [2.75, 3.05) is 34.2 Å².